The van der Waals surface area contributed by atoms with Gasteiger partial charge in [0.05, 0.1) is 29.8 Å². The van der Waals surface area contributed by atoms with Gasteiger partial charge in [0.25, 0.3) is 5.91 Å². The molecule has 0 aliphatic heterocycles. The Bertz CT molecular complexity index is 615. The number of hydrogen-bond acceptors (Lipinski definition) is 4. The highest BCUT2D eigenvalue weighted by Gasteiger charge is 2.16. The van der Waals surface area contributed by atoms with Crippen LogP contribution in [-0.2, 0) is 13.1 Å². The van der Waals surface area contributed by atoms with E-state index in [0.29, 0.717) is 24.7 Å². The number of carbonyl (C=O) groups is 1. The van der Waals surface area contributed by atoms with Crippen molar-refractivity contribution in [2.24, 2.45) is 0 Å². The van der Waals surface area contributed by atoms with Gasteiger partial charge in [0.2, 0.25) is 0 Å². The van der Waals surface area contributed by atoms with E-state index in [4.69, 9.17) is 0 Å². The van der Waals surface area contributed by atoms with Gasteiger partial charge < -0.3 is 5.32 Å². The maximum atomic E-state index is 12.3. The van der Waals surface area contributed by atoms with Gasteiger partial charge in [0.15, 0.2) is 0 Å². The van der Waals surface area contributed by atoms with Gasteiger partial charge in [0, 0.05) is 12.7 Å². The van der Waals surface area contributed by atoms with E-state index in [9.17, 15) is 4.79 Å². The van der Waals surface area contributed by atoms with E-state index in [1.807, 2.05) is 19.9 Å². The molecule has 2 heterocycles. The van der Waals surface area contributed by atoms with Gasteiger partial charge in [-0.3, -0.25) is 19.4 Å². The highest BCUT2D eigenvalue weighted by atomic mass is 16.2. The summed E-state index contributed by atoms with van der Waals surface area (Å²) in [4.78, 5) is 20.7. The van der Waals surface area contributed by atoms with E-state index in [2.05, 4.69) is 34.2 Å². The molecule has 2 aromatic heterocycles. The van der Waals surface area contributed by atoms with Gasteiger partial charge in [-0.25, -0.2) is 0 Å². The van der Waals surface area contributed by atoms with Gasteiger partial charge >= 0.3 is 0 Å². The Kier molecular flexibility index (Phi) is 4.67. The standard InChI is InChI=1S/C15H21N5O/c1-5-20-14(6-13(19-20)10(2)3)15(21)18-9-12-8-16-11(4)7-17-12/h6-8,10H,5,9H2,1-4H3,(H,18,21). The molecule has 0 saturated carbocycles. The molecule has 0 spiro atoms. The molecule has 112 valence electrons. The second-order valence-electron chi connectivity index (χ2n) is 5.26. The molecular formula is C15H21N5O. The normalized spacial score (nSPS) is 10.9. The molecule has 0 radical (unpaired) electrons. The van der Waals surface area contributed by atoms with Crippen molar-refractivity contribution in [2.45, 2.75) is 46.7 Å². The monoisotopic (exact) mass is 287 g/mol. The molecule has 0 atom stereocenters. The van der Waals surface area contributed by atoms with Crippen molar-refractivity contribution in [3.8, 4) is 0 Å². The number of aromatic nitrogens is 4. The molecule has 0 bridgehead atoms. The second kappa shape index (κ2) is 6.47. The van der Waals surface area contributed by atoms with Crippen molar-refractivity contribution >= 4 is 5.91 Å². The van der Waals surface area contributed by atoms with E-state index in [1.165, 1.54) is 0 Å². The Balaban J connectivity index is 2.07. The van der Waals surface area contributed by atoms with E-state index in [1.54, 1.807) is 17.1 Å². The number of nitrogens with one attached hydrogen (secondary N) is 1. The Morgan fingerprint density at radius 2 is 2.10 bits per heavy atom. The van der Waals surface area contributed by atoms with Crippen LogP contribution >= 0.6 is 0 Å². The molecule has 1 amide bonds. The van der Waals surface area contributed by atoms with Crippen molar-refractivity contribution in [2.75, 3.05) is 0 Å². The lowest BCUT2D eigenvalue weighted by Gasteiger charge is -2.06. The maximum Gasteiger partial charge on any atom is 0.269 e. The lowest BCUT2D eigenvalue weighted by molar-refractivity contribution is 0.0939. The van der Waals surface area contributed by atoms with Crippen LogP contribution in [0.5, 0.6) is 0 Å². The van der Waals surface area contributed by atoms with Crippen molar-refractivity contribution in [1.29, 1.82) is 0 Å². The number of hydrogen-bond donors (Lipinski definition) is 1. The first-order valence-electron chi connectivity index (χ1n) is 7.14. The molecule has 1 N–H and O–H groups in total. The van der Waals surface area contributed by atoms with E-state index in [-0.39, 0.29) is 5.91 Å². The van der Waals surface area contributed by atoms with Crippen LogP contribution in [0.1, 0.15) is 54.3 Å². The quantitative estimate of drug-likeness (QED) is 0.913. The fourth-order valence-corrected chi connectivity index (χ4v) is 1.91. The molecular weight excluding hydrogens is 266 g/mol. The number of rotatable bonds is 5. The Labute approximate surface area is 124 Å². The van der Waals surface area contributed by atoms with Gasteiger partial charge in [-0.15, -0.1) is 0 Å². The van der Waals surface area contributed by atoms with Crippen molar-refractivity contribution < 1.29 is 4.79 Å². The third-order valence-corrected chi connectivity index (χ3v) is 3.19. The minimum absolute atomic E-state index is 0.140. The van der Waals surface area contributed by atoms with Gasteiger partial charge in [-0.1, -0.05) is 13.8 Å². The predicted molar refractivity (Wildman–Crippen MR) is 79.9 cm³/mol. The molecule has 2 rings (SSSR count). The van der Waals surface area contributed by atoms with E-state index < -0.39 is 0 Å². The van der Waals surface area contributed by atoms with Crippen molar-refractivity contribution in [1.82, 2.24) is 25.1 Å². The average Bonchev–Trinajstić information content (AvgIpc) is 2.91. The fourth-order valence-electron chi connectivity index (χ4n) is 1.91. The Morgan fingerprint density at radius 1 is 1.33 bits per heavy atom. The van der Waals surface area contributed by atoms with E-state index >= 15 is 0 Å². The third-order valence-electron chi connectivity index (χ3n) is 3.19. The molecule has 6 nitrogen and oxygen atoms in total. The molecule has 0 aliphatic carbocycles. The molecule has 0 saturated heterocycles. The van der Waals surface area contributed by atoms with Crippen LogP contribution in [0.2, 0.25) is 0 Å². The minimum atomic E-state index is -0.140. The summed E-state index contributed by atoms with van der Waals surface area (Å²) in [6, 6.07) is 1.85. The van der Waals surface area contributed by atoms with Crippen LogP contribution in [0, 0.1) is 6.92 Å². The summed E-state index contributed by atoms with van der Waals surface area (Å²) in [7, 11) is 0. The zero-order valence-corrected chi connectivity index (χ0v) is 12.9. The van der Waals surface area contributed by atoms with Crippen LogP contribution in [0.15, 0.2) is 18.5 Å². The first-order chi connectivity index (χ1) is 10.0. The van der Waals surface area contributed by atoms with Crippen LogP contribution in [0.4, 0.5) is 0 Å². The van der Waals surface area contributed by atoms with Crippen LogP contribution in [0.3, 0.4) is 0 Å². The molecule has 6 heteroatoms. The number of aryl methyl sites for hydroxylation is 2. The highest BCUT2D eigenvalue weighted by molar-refractivity contribution is 5.92. The summed E-state index contributed by atoms with van der Waals surface area (Å²) in [5, 5.41) is 7.30. The second-order valence-corrected chi connectivity index (χ2v) is 5.26. The topological polar surface area (TPSA) is 72.7 Å². The predicted octanol–water partition coefficient (Wildman–Crippen LogP) is 2.05. The zero-order chi connectivity index (χ0) is 15.4. The van der Waals surface area contributed by atoms with Gasteiger partial charge in [-0.2, -0.15) is 5.10 Å². The summed E-state index contributed by atoms with van der Waals surface area (Å²) in [6.07, 6.45) is 3.36. The molecule has 21 heavy (non-hydrogen) atoms. The van der Waals surface area contributed by atoms with Crippen molar-refractivity contribution in [3.63, 3.8) is 0 Å². The van der Waals surface area contributed by atoms with Crippen LogP contribution in [0.25, 0.3) is 0 Å². The molecule has 0 aliphatic rings. The average molecular weight is 287 g/mol. The van der Waals surface area contributed by atoms with Gasteiger partial charge in [0.1, 0.15) is 5.69 Å². The first kappa shape index (κ1) is 15.2. The largest absolute Gasteiger partial charge is 0.345 e. The highest BCUT2D eigenvalue weighted by Crippen LogP contribution is 2.14. The van der Waals surface area contributed by atoms with E-state index in [0.717, 1.165) is 17.1 Å². The summed E-state index contributed by atoms with van der Waals surface area (Å²) >= 11 is 0. The summed E-state index contributed by atoms with van der Waals surface area (Å²) in [5.41, 5.74) is 3.11. The third kappa shape index (κ3) is 3.65. The number of amides is 1. The molecule has 2 aromatic rings. The lowest BCUT2D eigenvalue weighted by Crippen LogP contribution is -2.26. The zero-order valence-electron chi connectivity index (χ0n) is 12.9. The fraction of sp³-hybridized carbons (Fsp3) is 0.467. The van der Waals surface area contributed by atoms with Crippen molar-refractivity contribution in [3.05, 3.63) is 41.2 Å². The molecule has 0 aromatic carbocycles. The molecule has 0 unspecified atom stereocenters. The summed E-state index contributed by atoms with van der Waals surface area (Å²) in [5.74, 6) is 0.158. The Morgan fingerprint density at radius 3 is 2.67 bits per heavy atom. The SMILES string of the molecule is CCn1nc(C(C)C)cc1C(=O)NCc1cnc(C)cn1. The minimum Gasteiger partial charge on any atom is -0.345 e. The smallest absolute Gasteiger partial charge is 0.269 e. The summed E-state index contributed by atoms with van der Waals surface area (Å²) in [6.45, 7) is 9.00. The molecule has 0 fully saturated rings. The van der Waals surface area contributed by atoms with Gasteiger partial charge in [-0.05, 0) is 25.8 Å². The number of nitrogens with zero attached hydrogens (tertiary/aromatic N) is 4. The Hall–Kier alpha value is -2.24. The summed E-state index contributed by atoms with van der Waals surface area (Å²) < 4.78 is 1.73. The maximum absolute atomic E-state index is 12.3. The first-order valence-corrected chi connectivity index (χ1v) is 7.14. The number of carbonyl (C=O) groups excluding carboxylic acids is 1. The van der Waals surface area contributed by atoms with Crippen LogP contribution < -0.4 is 5.32 Å². The van der Waals surface area contributed by atoms with Crippen LogP contribution in [-0.4, -0.2) is 25.7 Å². The lowest BCUT2D eigenvalue weighted by atomic mass is 10.1.